The fourth-order valence-corrected chi connectivity index (χ4v) is 5.99. The second kappa shape index (κ2) is 9.09. The molecule has 0 amide bonds. The number of fused-ring (bicyclic) bond motifs is 2. The molecule has 33 heavy (non-hydrogen) atoms. The second-order valence-corrected chi connectivity index (χ2v) is 9.75. The van der Waals surface area contributed by atoms with Gasteiger partial charge in [0.05, 0.1) is 0 Å². The van der Waals surface area contributed by atoms with Crippen molar-refractivity contribution in [1.29, 1.82) is 0 Å². The minimum absolute atomic E-state index is 0.0919. The van der Waals surface area contributed by atoms with Crippen LogP contribution >= 0.6 is 11.3 Å². The number of aryl methyl sites for hydroxylation is 1. The lowest BCUT2D eigenvalue weighted by atomic mass is 9.86. The topological polar surface area (TPSA) is 3.01 Å². The molecule has 172 valence electrons. The number of thiophene rings is 1. The zero-order valence-electron chi connectivity index (χ0n) is 19.4. The Morgan fingerprint density at radius 2 is 1.91 bits per heavy atom. The van der Waals surface area contributed by atoms with Crippen LogP contribution < -0.4 is 0 Å². The summed E-state index contributed by atoms with van der Waals surface area (Å²) >= 11 is 1.69. The third-order valence-corrected chi connectivity index (χ3v) is 7.67. The zero-order valence-corrected chi connectivity index (χ0v) is 20.2. The molecule has 0 aromatic carbocycles. The van der Waals surface area contributed by atoms with Crippen LogP contribution in [0.1, 0.15) is 57.4 Å². The van der Waals surface area contributed by atoms with Crippen LogP contribution in [0.2, 0.25) is 0 Å². The molecule has 4 rings (SSSR count). The van der Waals surface area contributed by atoms with Crippen molar-refractivity contribution in [3.05, 3.63) is 85.3 Å². The highest BCUT2D eigenvalue weighted by atomic mass is 32.1. The van der Waals surface area contributed by atoms with Gasteiger partial charge in [0.2, 0.25) is 0 Å². The Balaban J connectivity index is 1.91. The van der Waals surface area contributed by atoms with Gasteiger partial charge in [0.1, 0.15) is 5.57 Å². The van der Waals surface area contributed by atoms with E-state index < -0.39 is 19.4 Å². The van der Waals surface area contributed by atoms with E-state index in [4.69, 9.17) is 0 Å². The maximum absolute atomic E-state index is 14.4. The van der Waals surface area contributed by atoms with E-state index in [-0.39, 0.29) is 11.3 Å². The van der Waals surface area contributed by atoms with Gasteiger partial charge in [0, 0.05) is 22.1 Å². The second-order valence-electron chi connectivity index (χ2n) is 8.75. The molecular weight excluding hydrogens is 445 g/mol. The van der Waals surface area contributed by atoms with Crippen LogP contribution in [0.5, 0.6) is 0 Å². The molecule has 0 unspecified atom stereocenters. The molecule has 0 N–H and O–H groups in total. The molecule has 0 radical (unpaired) electrons. The molecule has 3 aliphatic rings. The van der Waals surface area contributed by atoms with Crippen molar-refractivity contribution in [2.24, 2.45) is 0 Å². The van der Waals surface area contributed by atoms with Crippen molar-refractivity contribution in [1.82, 2.24) is 0 Å². The number of allylic oxidation sites excluding steroid dienone is 11. The maximum Gasteiger partial charge on any atom is 0.683 e. The highest BCUT2D eigenvalue weighted by Crippen LogP contribution is 2.41. The van der Waals surface area contributed by atoms with Gasteiger partial charge < -0.3 is 0 Å². The number of halogens is 4. The third-order valence-electron chi connectivity index (χ3n) is 6.69. The molecule has 0 saturated carbocycles. The van der Waals surface area contributed by atoms with Gasteiger partial charge in [-0.1, -0.05) is 23.8 Å². The summed E-state index contributed by atoms with van der Waals surface area (Å²) in [7, 11) is -1.01. The highest BCUT2D eigenvalue weighted by molar-refractivity contribution is 7.10. The average molecular weight is 472 g/mol. The standard InChI is InChI=1S/C26H27BF4NS/c1-5-6-20-15(2)7-8-19-14-22(32(27-31)25(19)20)24(26(28,29)30)16(3)13-18-9-10-23-21(17(18)4)11-12-33-23/h5-6,11-14,27H,7-10H2,1-4H3/q+1/b6-5-,16-13+,24-22+. The molecule has 1 aromatic rings. The summed E-state index contributed by atoms with van der Waals surface area (Å²) in [4.78, 5) is 1.28. The smallest absolute Gasteiger partial charge is 0.251 e. The van der Waals surface area contributed by atoms with Crippen LogP contribution in [0.4, 0.5) is 17.5 Å². The van der Waals surface area contributed by atoms with Crippen molar-refractivity contribution in [2.75, 3.05) is 0 Å². The van der Waals surface area contributed by atoms with E-state index in [0.717, 1.165) is 46.3 Å². The van der Waals surface area contributed by atoms with Gasteiger partial charge in [0.25, 0.3) is 0 Å². The van der Waals surface area contributed by atoms with Gasteiger partial charge in [-0.2, -0.15) is 13.2 Å². The van der Waals surface area contributed by atoms with Crippen LogP contribution in [-0.2, 0) is 6.42 Å². The van der Waals surface area contributed by atoms with Crippen molar-refractivity contribution < 1.29 is 22.0 Å². The molecule has 0 fully saturated rings. The van der Waals surface area contributed by atoms with Crippen LogP contribution in [0.25, 0.3) is 5.57 Å². The van der Waals surface area contributed by atoms with Crippen LogP contribution in [0, 0.1) is 0 Å². The minimum atomic E-state index is -4.61. The van der Waals surface area contributed by atoms with E-state index in [9.17, 15) is 17.5 Å². The Morgan fingerprint density at radius 3 is 2.58 bits per heavy atom. The first-order chi connectivity index (χ1) is 15.7. The fraction of sp³-hybridized carbons (Fsp3) is 0.346. The minimum Gasteiger partial charge on any atom is -0.251 e. The summed E-state index contributed by atoms with van der Waals surface area (Å²) < 4.78 is 58.9. The number of hydrogen-bond donors (Lipinski definition) is 0. The molecule has 7 heteroatoms. The average Bonchev–Trinajstić information content (AvgIpc) is 3.36. The molecular formula is C26H27BF4NS+. The molecule has 0 saturated heterocycles. The summed E-state index contributed by atoms with van der Waals surface area (Å²) in [6, 6.07) is 2.03. The number of rotatable bonds is 4. The van der Waals surface area contributed by atoms with Crippen LogP contribution in [-0.4, -0.2) is 24.1 Å². The van der Waals surface area contributed by atoms with Gasteiger partial charge >= 0.3 is 13.9 Å². The molecule has 1 nitrogen and oxygen atoms in total. The summed E-state index contributed by atoms with van der Waals surface area (Å²) in [5, 5.41) is 2.03. The SMILES string of the molecule is C/C=C\C1=C(C)CCC2=C/C(=C(/C(C)=C/C3=C(C)c4ccsc4CC3)C(F)(F)F)[N+](BF)=C21. The van der Waals surface area contributed by atoms with E-state index >= 15 is 0 Å². The predicted molar refractivity (Wildman–Crippen MR) is 130 cm³/mol. The van der Waals surface area contributed by atoms with Crippen molar-refractivity contribution in [3.8, 4) is 0 Å². The van der Waals surface area contributed by atoms with Crippen LogP contribution in [0.15, 0.2) is 74.9 Å². The lowest BCUT2D eigenvalue weighted by molar-refractivity contribution is -0.323. The number of hydrogen-bond acceptors (Lipinski definition) is 1. The molecule has 0 spiro atoms. The molecule has 2 heterocycles. The van der Waals surface area contributed by atoms with Crippen molar-refractivity contribution in [2.45, 2.75) is 59.6 Å². The first kappa shape index (κ1) is 23.7. The molecule has 2 aliphatic carbocycles. The van der Waals surface area contributed by atoms with E-state index in [2.05, 4.69) is 0 Å². The normalized spacial score (nSPS) is 21.1. The molecule has 0 atom stereocenters. The van der Waals surface area contributed by atoms with E-state index in [1.165, 1.54) is 16.3 Å². The lowest BCUT2D eigenvalue weighted by Crippen LogP contribution is -2.26. The van der Waals surface area contributed by atoms with Gasteiger partial charge in [-0.15, -0.1) is 11.3 Å². The number of nitrogens with zero attached hydrogens (tertiary/aromatic N) is 1. The van der Waals surface area contributed by atoms with Crippen molar-refractivity contribution >= 4 is 30.3 Å². The highest BCUT2D eigenvalue weighted by Gasteiger charge is 2.45. The lowest BCUT2D eigenvalue weighted by Gasteiger charge is -2.19. The molecule has 1 aromatic heterocycles. The number of alkyl halides is 3. The van der Waals surface area contributed by atoms with Crippen LogP contribution in [0.3, 0.4) is 0 Å². The monoisotopic (exact) mass is 472 g/mol. The van der Waals surface area contributed by atoms with Gasteiger partial charge in [0.15, 0.2) is 11.4 Å². The largest absolute Gasteiger partial charge is 0.683 e. The van der Waals surface area contributed by atoms with E-state index in [1.54, 1.807) is 23.5 Å². The Labute approximate surface area is 197 Å². The Morgan fingerprint density at radius 1 is 1.15 bits per heavy atom. The van der Waals surface area contributed by atoms with Crippen molar-refractivity contribution in [3.63, 3.8) is 0 Å². The first-order valence-electron chi connectivity index (χ1n) is 11.2. The summed E-state index contributed by atoms with van der Waals surface area (Å²) in [5.74, 6) is 0. The molecule has 1 aliphatic heterocycles. The summed E-state index contributed by atoms with van der Waals surface area (Å²) in [5.41, 5.74) is 5.55. The summed E-state index contributed by atoms with van der Waals surface area (Å²) in [6.07, 6.45) is 5.21. The van der Waals surface area contributed by atoms with E-state index in [0.29, 0.717) is 18.6 Å². The quantitative estimate of drug-likeness (QED) is 0.315. The summed E-state index contributed by atoms with van der Waals surface area (Å²) in [6.45, 7) is 7.29. The molecule has 0 bridgehead atoms. The Hall–Kier alpha value is -2.41. The first-order valence-corrected chi connectivity index (χ1v) is 12.1. The third kappa shape index (κ3) is 4.28. The van der Waals surface area contributed by atoms with Gasteiger partial charge in [-0.05, 0) is 87.1 Å². The Kier molecular flexibility index (Phi) is 6.54. The van der Waals surface area contributed by atoms with Gasteiger partial charge in [-0.3, -0.25) is 4.32 Å². The van der Waals surface area contributed by atoms with E-state index in [1.807, 2.05) is 44.4 Å². The fourth-order valence-electron chi connectivity index (χ4n) is 5.05. The maximum atomic E-state index is 14.4. The van der Waals surface area contributed by atoms with Gasteiger partial charge in [-0.25, -0.2) is 4.49 Å². The predicted octanol–water partition coefficient (Wildman–Crippen LogP) is 7.55. The Bertz CT molecular complexity index is 1220. The zero-order chi connectivity index (χ0) is 23.9.